The van der Waals surface area contributed by atoms with Gasteiger partial charge in [0, 0.05) is 49.9 Å². The molecule has 0 atom stereocenters. The van der Waals surface area contributed by atoms with Crippen LogP contribution in [0.15, 0.2) is 66.9 Å². The van der Waals surface area contributed by atoms with Crippen LogP contribution in [0.1, 0.15) is 44.9 Å². The molecule has 0 radical (unpaired) electrons. The van der Waals surface area contributed by atoms with Gasteiger partial charge in [-0.2, -0.15) is 0 Å². The summed E-state index contributed by atoms with van der Waals surface area (Å²) in [6, 6.07) is 18.8. The average molecular weight is 729 g/mol. The van der Waals surface area contributed by atoms with E-state index in [4.69, 9.17) is 14.5 Å². The number of ether oxygens (including phenoxy) is 2. The first-order chi connectivity index (χ1) is 24.8. The Balaban J connectivity index is 1.28. The molecule has 3 amide bonds. The third-order valence-corrected chi connectivity index (χ3v) is 10.7. The number of urea groups is 1. The number of morpholine rings is 1. The maximum Gasteiger partial charge on any atom is 0.323 e. The maximum atomic E-state index is 13.7. The normalized spacial score (nSPS) is 15.4. The number of hydrogen-bond donors (Lipinski definition) is 2. The predicted octanol–water partition coefficient (Wildman–Crippen LogP) is 6.07. The molecule has 0 unspecified atom stereocenters. The third-order valence-electron chi connectivity index (χ3n) is 9.59. The maximum absolute atomic E-state index is 13.7. The molecule has 1 aromatic heterocycles. The summed E-state index contributed by atoms with van der Waals surface area (Å²) in [5.41, 5.74) is 4.31. The molecule has 12 nitrogen and oxygen atoms in total. The fourth-order valence-corrected chi connectivity index (χ4v) is 7.55. The topological polar surface area (TPSA) is 133 Å². The van der Waals surface area contributed by atoms with E-state index in [9.17, 15) is 18.0 Å². The number of carbonyl (C=O) groups is 2. The highest BCUT2D eigenvalue weighted by Crippen LogP contribution is 2.42. The van der Waals surface area contributed by atoms with Crippen molar-refractivity contribution in [3.63, 3.8) is 0 Å². The quantitative estimate of drug-likeness (QED) is 0.201. The van der Waals surface area contributed by atoms with E-state index in [1.807, 2.05) is 63.4 Å². The SMILES string of the molecule is COc1c(NC(=O)Nc2ccc(-c3ccc(CN4CCOCC4)nc3)c3ccccc23)cc(C(C)(C)C)cc1N(CC(=O)N1CCCC1)S(C)(=O)=O. The van der Waals surface area contributed by atoms with Crippen molar-refractivity contribution in [2.45, 2.75) is 45.6 Å². The van der Waals surface area contributed by atoms with Gasteiger partial charge < -0.3 is 25.0 Å². The fraction of sp³-hybridized carbons (Fsp3) is 0.410. The zero-order valence-electron chi connectivity index (χ0n) is 30.6. The summed E-state index contributed by atoms with van der Waals surface area (Å²) in [6.07, 6.45) is 4.73. The van der Waals surface area contributed by atoms with Crippen molar-refractivity contribution in [2.24, 2.45) is 0 Å². The number of amides is 3. The van der Waals surface area contributed by atoms with Crippen LogP contribution in [0.25, 0.3) is 21.9 Å². The Morgan fingerprint density at radius 3 is 2.25 bits per heavy atom. The molecule has 3 heterocycles. The molecule has 2 aliphatic rings. The van der Waals surface area contributed by atoms with Gasteiger partial charge in [0.1, 0.15) is 6.54 Å². The minimum Gasteiger partial charge on any atom is -0.492 e. The number of rotatable bonds is 10. The number of anilines is 3. The van der Waals surface area contributed by atoms with Crippen molar-refractivity contribution < 1.29 is 27.5 Å². The van der Waals surface area contributed by atoms with Gasteiger partial charge in [-0.05, 0) is 59.0 Å². The number of fused-ring (bicyclic) bond motifs is 1. The lowest BCUT2D eigenvalue weighted by Gasteiger charge is -2.30. The number of aromatic nitrogens is 1. The van der Waals surface area contributed by atoms with E-state index in [1.165, 1.54) is 7.11 Å². The van der Waals surface area contributed by atoms with Crippen LogP contribution in [0.3, 0.4) is 0 Å². The molecule has 2 saturated heterocycles. The summed E-state index contributed by atoms with van der Waals surface area (Å²) < 4.78 is 38.8. The van der Waals surface area contributed by atoms with E-state index in [1.54, 1.807) is 17.0 Å². The number of benzene rings is 3. The van der Waals surface area contributed by atoms with Gasteiger partial charge in [0.15, 0.2) is 5.75 Å². The number of likely N-dealkylation sites (tertiary alicyclic amines) is 1. The van der Waals surface area contributed by atoms with Gasteiger partial charge >= 0.3 is 6.03 Å². The van der Waals surface area contributed by atoms with Crippen molar-refractivity contribution in [3.8, 4) is 16.9 Å². The summed E-state index contributed by atoms with van der Waals surface area (Å²) in [5.74, 6) is -0.152. The van der Waals surface area contributed by atoms with Gasteiger partial charge in [-0.15, -0.1) is 0 Å². The second-order valence-electron chi connectivity index (χ2n) is 14.4. The second-order valence-corrected chi connectivity index (χ2v) is 16.3. The molecule has 0 spiro atoms. The van der Waals surface area contributed by atoms with Crippen LogP contribution in [-0.4, -0.2) is 94.4 Å². The molecule has 6 rings (SSSR count). The van der Waals surface area contributed by atoms with E-state index in [0.717, 1.165) is 89.4 Å². The Morgan fingerprint density at radius 1 is 0.923 bits per heavy atom. The predicted molar refractivity (Wildman–Crippen MR) is 206 cm³/mol. The van der Waals surface area contributed by atoms with Gasteiger partial charge in [-0.3, -0.25) is 19.0 Å². The lowest BCUT2D eigenvalue weighted by molar-refractivity contribution is -0.128. The van der Waals surface area contributed by atoms with Crippen molar-refractivity contribution >= 4 is 49.8 Å². The Morgan fingerprint density at radius 2 is 1.62 bits per heavy atom. The zero-order chi connectivity index (χ0) is 37.0. The smallest absolute Gasteiger partial charge is 0.323 e. The molecule has 2 aliphatic heterocycles. The molecular formula is C39H48N6O6S. The van der Waals surface area contributed by atoms with Crippen molar-refractivity contribution in [1.82, 2.24) is 14.8 Å². The number of carbonyl (C=O) groups excluding carboxylic acids is 2. The molecule has 52 heavy (non-hydrogen) atoms. The molecule has 0 aliphatic carbocycles. The van der Waals surface area contributed by atoms with Crippen LogP contribution in [0.4, 0.5) is 21.9 Å². The highest BCUT2D eigenvalue weighted by molar-refractivity contribution is 7.92. The largest absolute Gasteiger partial charge is 0.492 e. The zero-order valence-corrected chi connectivity index (χ0v) is 31.4. The number of pyridine rings is 1. The lowest BCUT2D eigenvalue weighted by atomic mass is 9.86. The number of methoxy groups -OCH3 is 1. The summed E-state index contributed by atoms with van der Waals surface area (Å²) in [6.45, 7) is 10.8. The van der Waals surface area contributed by atoms with E-state index < -0.39 is 21.5 Å². The molecular weight excluding hydrogens is 681 g/mol. The minimum atomic E-state index is -3.93. The van der Waals surface area contributed by atoms with E-state index >= 15 is 0 Å². The van der Waals surface area contributed by atoms with Crippen LogP contribution in [0.5, 0.6) is 5.75 Å². The molecule has 0 saturated carbocycles. The molecule has 276 valence electrons. The van der Waals surface area contributed by atoms with Gasteiger partial charge in [0.05, 0.1) is 49.3 Å². The van der Waals surface area contributed by atoms with Gasteiger partial charge in [0.2, 0.25) is 15.9 Å². The van der Waals surface area contributed by atoms with E-state index in [2.05, 4.69) is 27.7 Å². The highest BCUT2D eigenvalue weighted by atomic mass is 32.2. The van der Waals surface area contributed by atoms with Crippen LogP contribution in [-0.2, 0) is 31.5 Å². The number of nitrogens with zero attached hydrogens (tertiary/aromatic N) is 4. The summed E-state index contributed by atoms with van der Waals surface area (Å²) in [4.78, 5) is 35.7. The van der Waals surface area contributed by atoms with Crippen LogP contribution >= 0.6 is 0 Å². The highest BCUT2D eigenvalue weighted by Gasteiger charge is 2.31. The number of nitrogens with one attached hydrogen (secondary N) is 2. The Bertz CT molecular complexity index is 2040. The van der Waals surface area contributed by atoms with Gasteiger partial charge in [-0.1, -0.05) is 57.2 Å². The van der Waals surface area contributed by atoms with Crippen LogP contribution in [0, 0.1) is 0 Å². The molecule has 0 bridgehead atoms. The van der Waals surface area contributed by atoms with Crippen molar-refractivity contribution in [2.75, 3.05) is 74.2 Å². The molecule has 2 N–H and O–H groups in total. The van der Waals surface area contributed by atoms with Crippen LogP contribution in [0.2, 0.25) is 0 Å². The molecule has 3 aromatic carbocycles. The Labute approximate surface area is 306 Å². The van der Waals surface area contributed by atoms with Gasteiger partial charge in [0.25, 0.3) is 0 Å². The molecule has 2 fully saturated rings. The third kappa shape index (κ3) is 8.49. The van der Waals surface area contributed by atoms with Gasteiger partial charge in [-0.25, -0.2) is 13.2 Å². The second kappa shape index (κ2) is 15.5. The first kappa shape index (κ1) is 37.1. The van der Waals surface area contributed by atoms with E-state index in [0.29, 0.717) is 18.8 Å². The number of sulfonamides is 1. The standard InChI is InChI=1S/C39H48N6O6S/c1-39(2,3)28-22-34(37(50-4)35(23-28)45(52(5,48)49)26-36(46)44-16-8-9-17-44)42-38(47)41-33-15-14-30(31-10-6-7-11-32(31)33)27-12-13-29(40-24-27)25-43-18-20-51-21-19-43/h6-7,10-15,22-24H,8-9,16-21,25-26H2,1-5H3,(H2,41,42,47). The monoisotopic (exact) mass is 728 g/mol. The number of hydrogen-bond acceptors (Lipinski definition) is 8. The first-order valence-electron chi connectivity index (χ1n) is 17.6. The minimum absolute atomic E-state index is 0.132. The van der Waals surface area contributed by atoms with E-state index in [-0.39, 0.29) is 29.6 Å². The van der Waals surface area contributed by atoms with Crippen molar-refractivity contribution in [3.05, 3.63) is 78.1 Å². The Kier molecular flexibility index (Phi) is 11.0. The average Bonchev–Trinajstić information content (AvgIpc) is 3.66. The first-order valence-corrected chi connectivity index (χ1v) is 19.5. The molecule has 4 aromatic rings. The van der Waals surface area contributed by atoms with Crippen LogP contribution < -0.4 is 19.7 Å². The van der Waals surface area contributed by atoms with Crippen molar-refractivity contribution in [1.29, 1.82) is 0 Å². The summed E-state index contributed by atoms with van der Waals surface area (Å²) in [5, 5.41) is 7.70. The molecule has 13 heteroatoms. The summed E-state index contributed by atoms with van der Waals surface area (Å²) >= 11 is 0. The Hall–Kier alpha value is -4.72. The summed E-state index contributed by atoms with van der Waals surface area (Å²) in [7, 11) is -2.51. The fourth-order valence-electron chi connectivity index (χ4n) is 6.71. The lowest BCUT2D eigenvalue weighted by Crippen LogP contribution is -2.42.